The van der Waals surface area contributed by atoms with Gasteiger partial charge in [-0.1, -0.05) is 38.1 Å². The van der Waals surface area contributed by atoms with E-state index in [0.29, 0.717) is 17.1 Å². The molecule has 2 aromatic carbocycles. The van der Waals surface area contributed by atoms with Crippen LogP contribution in [-0.2, 0) is 15.0 Å². The smallest absolute Gasteiger partial charge is 0.251 e. The van der Waals surface area contributed by atoms with Gasteiger partial charge in [0.25, 0.3) is 5.91 Å². The minimum absolute atomic E-state index is 0.00869. The topological polar surface area (TPSA) is 62.3 Å². The number of hydrogen-bond donors (Lipinski definition) is 1. The first kappa shape index (κ1) is 23.7. The Hall–Kier alpha value is -4.06. The minimum Gasteiger partial charge on any atom is -0.322 e. The van der Waals surface area contributed by atoms with Gasteiger partial charge in [0.1, 0.15) is 11.6 Å². The first-order valence-corrected chi connectivity index (χ1v) is 12.1. The summed E-state index contributed by atoms with van der Waals surface area (Å²) in [5.41, 5.74) is 3.96. The van der Waals surface area contributed by atoms with E-state index in [0.717, 1.165) is 22.4 Å². The average Bonchev–Trinajstić information content (AvgIpc) is 3.07. The first-order valence-electron chi connectivity index (χ1n) is 12.1. The normalized spacial score (nSPS) is 20.5. The molecule has 1 aliphatic carbocycles. The molecule has 2 aliphatic rings. The summed E-state index contributed by atoms with van der Waals surface area (Å²) in [6, 6.07) is 17.2. The van der Waals surface area contributed by atoms with Crippen molar-refractivity contribution in [3.63, 3.8) is 0 Å². The number of amides is 2. The van der Waals surface area contributed by atoms with Gasteiger partial charge in [0.05, 0.1) is 11.1 Å². The summed E-state index contributed by atoms with van der Waals surface area (Å²) in [4.78, 5) is 33.0. The number of benzene rings is 2. The van der Waals surface area contributed by atoms with E-state index in [1.54, 1.807) is 23.2 Å². The molecule has 6 heteroatoms. The maximum absolute atomic E-state index is 13.6. The summed E-state index contributed by atoms with van der Waals surface area (Å²) in [7, 11) is 0. The van der Waals surface area contributed by atoms with E-state index >= 15 is 0 Å². The number of carbonyl (C=O) groups is 2. The van der Waals surface area contributed by atoms with E-state index in [1.165, 1.54) is 12.1 Å². The van der Waals surface area contributed by atoms with Gasteiger partial charge in [-0.05, 0) is 90.9 Å². The van der Waals surface area contributed by atoms with Crippen LogP contribution in [0.2, 0.25) is 0 Å². The number of nitrogens with zero attached hydrogens (tertiary/aromatic N) is 2. The van der Waals surface area contributed by atoms with E-state index in [4.69, 9.17) is 0 Å². The van der Waals surface area contributed by atoms with Gasteiger partial charge in [-0.15, -0.1) is 0 Å². The van der Waals surface area contributed by atoms with Crippen LogP contribution in [0.4, 0.5) is 21.6 Å². The molecule has 0 fully saturated rings. The number of nitrogens with one attached hydrogen (secondary N) is 1. The second-order valence-electron chi connectivity index (χ2n) is 9.98. The third-order valence-corrected chi connectivity index (χ3v) is 7.23. The van der Waals surface area contributed by atoms with Crippen LogP contribution < -0.4 is 10.2 Å². The largest absolute Gasteiger partial charge is 0.322 e. The minimum atomic E-state index is -0.777. The molecule has 0 bridgehead atoms. The molecule has 2 heterocycles. The number of rotatable bonds is 4. The van der Waals surface area contributed by atoms with Crippen molar-refractivity contribution in [3.05, 3.63) is 102 Å². The van der Waals surface area contributed by atoms with Crippen molar-refractivity contribution in [3.8, 4) is 0 Å². The molecule has 2 amide bonds. The van der Waals surface area contributed by atoms with Gasteiger partial charge in [0.15, 0.2) is 0 Å². The molecule has 2 atom stereocenters. The lowest BCUT2D eigenvalue weighted by Crippen LogP contribution is -2.33. The summed E-state index contributed by atoms with van der Waals surface area (Å²) in [6.45, 7) is 7.98. The molecule has 5 nitrogen and oxygen atoms in total. The lowest BCUT2D eigenvalue weighted by molar-refractivity contribution is -0.121. The summed E-state index contributed by atoms with van der Waals surface area (Å²) < 4.78 is 13.3. The number of carbonyl (C=O) groups excluding carboxylic acids is 2. The maximum Gasteiger partial charge on any atom is 0.251 e. The van der Waals surface area contributed by atoms with Crippen molar-refractivity contribution < 1.29 is 14.0 Å². The van der Waals surface area contributed by atoms with E-state index in [9.17, 15) is 14.0 Å². The molecular formula is C30H28FN3O2. The van der Waals surface area contributed by atoms with Crippen molar-refractivity contribution in [1.82, 2.24) is 4.98 Å². The number of pyridine rings is 1. The molecule has 0 saturated carbocycles. The summed E-state index contributed by atoms with van der Waals surface area (Å²) in [6.07, 6.45) is 5.76. The SMILES string of the molecule is CC1C=C(c2cccc3c2C(C)(C)C(=O)N3c2ccccn2)C=C(C(=O)Nc2ccc(F)cc2)C1C. The lowest BCUT2D eigenvalue weighted by atomic mass is 9.76. The highest BCUT2D eigenvalue weighted by atomic mass is 19.1. The molecule has 0 radical (unpaired) electrons. The quantitative estimate of drug-likeness (QED) is 0.468. The number of anilines is 3. The molecule has 0 spiro atoms. The fourth-order valence-electron chi connectivity index (χ4n) is 5.07. The van der Waals surface area contributed by atoms with E-state index in [1.807, 2.05) is 63.2 Å². The first-order chi connectivity index (χ1) is 17.2. The van der Waals surface area contributed by atoms with Crippen LogP contribution in [0.1, 0.15) is 38.8 Å². The van der Waals surface area contributed by atoms with Crippen LogP contribution in [-0.4, -0.2) is 16.8 Å². The van der Waals surface area contributed by atoms with E-state index in [-0.39, 0.29) is 29.5 Å². The molecule has 5 rings (SSSR count). The van der Waals surface area contributed by atoms with Crippen LogP contribution in [0.15, 0.2) is 84.6 Å². The fourth-order valence-corrected chi connectivity index (χ4v) is 5.07. The van der Waals surface area contributed by atoms with Gasteiger partial charge in [0.2, 0.25) is 5.91 Å². The second-order valence-corrected chi connectivity index (χ2v) is 9.98. The predicted molar refractivity (Wildman–Crippen MR) is 140 cm³/mol. The van der Waals surface area contributed by atoms with Gasteiger partial charge in [-0.25, -0.2) is 9.37 Å². The number of allylic oxidation sites excluding steroid dienone is 3. The average molecular weight is 482 g/mol. The molecule has 36 heavy (non-hydrogen) atoms. The Morgan fingerprint density at radius 2 is 1.78 bits per heavy atom. The van der Waals surface area contributed by atoms with Crippen LogP contribution >= 0.6 is 0 Å². The number of hydrogen-bond acceptors (Lipinski definition) is 3. The molecule has 1 N–H and O–H groups in total. The van der Waals surface area contributed by atoms with Crippen molar-refractivity contribution in [1.29, 1.82) is 0 Å². The maximum atomic E-state index is 13.6. The van der Waals surface area contributed by atoms with Gasteiger partial charge >= 0.3 is 0 Å². The number of fused-ring (bicyclic) bond motifs is 1. The van der Waals surface area contributed by atoms with E-state index < -0.39 is 5.41 Å². The van der Waals surface area contributed by atoms with Gasteiger partial charge in [-0.3, -0.25) is 14.5 Å². The molecule has 182 valence electrons. The fraction of sp³-hybridized carbons (Fsp3) is 0.233. The Labute approximate surface area is 210 Å². The highest BCUT2D eigenvalue weighted by molar-refractivity contribution is 6.14. The molecule has 1 aromatic heterocycles. The number of halogens is 1. The standard InChI is InChI=1S/C30H28FN3O2/c1-18-16-20(17-24(19(18)2)28(35)33-22-13-11-21(31)12-14-22)23-8-7-9-25-27(23)30(3,4)29(36)34(25)26-10-5-6-15-32-26/h5-19H,1-4H3,(H,33,35). The molecule has 0 saturated heterocycles. The Kier molecular flexibility index (Phi) is 5.83. The molecule has 1 aliphatic heterocycles. The third kappa shape index (κ3) is 3.92. The van der Waals surface area contributed by atoms with Crippen LogP contribution in [0.25, 0.3) is 5.57 Å². The predicted octanol–water partition coefficient (Wildman–Crippen LogP) is 6.41. The van der Waals surface area contributed by atoms with Crippen molar-refractivity contribution >= 4 is 34.6 Å². The summed E-state index contributed by atoms with van der Waals surface area (Å²) >= 11 is 0. The molecular weight excluding hydrogens is 453 g/mol. The monoisotopic (exact) mass is 481 g/mol. The van der Waals surface area contributed by atoms with E-state index in [2.05, 4.69) is 23.3 Å². The Morgan fingerprint density at radius 3 is 2.47 bits per heavy atom. The van der Waals surface area contributed by atoms with Gasteiger partial charge < -0.3 is 5.32 Å². The Balaban J connectivity index is 1.57. The Bertz CT molecular complexity index is 1410. The number of aromatic nitrogens is 1. The highest BCUT2D eigenvalue weighted by Crippen LogP contribution is 2.49. The Morgan fingerprint density at radius 1 is 1.03 bits per heavy atom. The summed E-state index contributed by atoms with van der Waals surface area (Å²) in [5.74, 6) is 0.0600. The van der Waals surface area contributed by atoms with Crippen LogP contribution in [0.5, 0.6) is 0 Å². The summed E-state index contributed by atoms with van der Waals surface area (Å²) in [5, 5.41) is 2.89. The third-order valence-electron chi connectivity index (χ3n) is 7.23. The zero-order valence-electron chi connectivity index (χ0n) is 20.7. The molecule has 3 aromatic rings. The van der Waals surface area contributed by atoms with Crippen LogP contribution in [0.3, 0.4) is 0 Å². The zero-order valence-corrected chi connectivity index (χ0v) is 20.7. The van der Waals surface area contributed by atoms with Crippen molar-refractivity contribution in [2.24, 2.45) is 11.8 Å². The van der Waals surface area contributed by atoms with Crippen LogP contribution in [0, 0.1) is 17.7 Å². The van der Waals surface area contributed by atoms with Crippen molar-refractivity contribution in [2.45, 2.75) is 33.1 Å². The van der Waals surface area contributed by atoms with Crippen molar-refractivity contribution in [2.75, 3.05) is 10.2 Å². The lowest BCUT2D eigenvalue weighted by Gasteiger charge is -2.27. The zero-order chi connectivity index (χ0) is 25.6. The van der Waals surface area contributed by atoms with Gasteiger partial charge in [-0.2, -0.15) is 0 Å². The van der Waals surface area contributed by atoms with Gasteiger partial charge in [0, 0.05) is 17.5 Å². The highest BCUT2D eigenvalue weighted by Gasteiger charge is 2.47. The molecule has 2 unspecified atom stereocenters. The second kappa shape index (κ2) is 8.86.